The lowest BCUT2D eigenvalue weighted by Crippen LogP contribution is -2.38. The Balaban J connectivity index is 0.000000159. The number of ether oxygens (including phenoxy) is 2. The number of benzene rings is 12. The van der Waals surface area contributed by atoms with E-state index in [-0.39, 0.29) is 35.8 Å². The van der Waals surface area contributed by atoms with Crippen LogP contribution in [0.5, 0.6) is 0 Å². The highest BCUT2D eigenvalue weighted by Gasteiger charge is 2.29. The SMILES string of the molecule is CC(=O)NCC(Cc1ccc(C)cc1)n1c(=NC(=O)OC(C)(C)C)n(Cc2ccc(C)cc2)c2ccccc21.CCC(=O)NCC(Cc1ccc(C)cc1)n1c(=N)n(Cc2ccc(C)cc2)c2ccccc21.CCC(=O)NCC(Cc1ccc(C)cc1)n1c(=NC(=O)OC(C)(C)C)n(Cc2ccc(C)cc2)c2ccccc21.Cc1ccc(CC(CF)n2c(=N)n(Cc3ccc(C)cc3)c3ccccc32)cc1. The number of nitrogens with one attached hydrogen (secondary N) is 5. The second-order valence-corrected chi connectivity index (χ2v) is 38.9. The Hall–Kier alpha value is -15.0. The summed E-state index contributed by atoms with van der Waals surface area (Å²) in [4.78, 5) is 71.9. The number of carbonyl (C=O) groups is 5. The Morgan fingerprint density at radius 1 is 0.305 bits per heavy atom. The second kappa shape index (κ2) is 47.6. The van der Waals surface area contributed by atoms with Crippen molar-refractivity contribution in [3.05, 3.63) is 403 Å². The lowest BCUT2D eigenvalue weighted by Gasteiger charge is -2.21. The average Bonchev–Trinajstić information content (AvgIpc) is 1.61. The van der Waals surface area contributed by atoms with Gasteiger partial charge in [0.1, 0.15) is 17.9 Å². The third-order valence-corrected chi connectivity index (χ3v) is 24.9. The normalized spacial score (nSPS) is 12.6. The molecule has 16 rings (SSSR count). The summed E-state index contributed by atoms with van der Waals surface area (Å²) in [5.74, 6) is -0.110. The third kappa shape index (κ3) is 28.0. The maximum absolute atomic E-state index is 14.2. The van der Waals surface area contributed by atoms with E-state index in [2.05, 4.69) is 296 Å². The Kier molecular flexibility index (Phi) is 34.9. The van der Waals surface area contributed by atoms with Crippen molar-refractivity contribution in [3.63, 3.8) is 0 Å². The van der Waals surface area contributed by atoms with Crippen LogP contribution in [0.4, 0.5) is 14.0 Å². The van der Waals surface area contributed by atoms with Crippen LogP contribution in [0.3, 0.4) is 0 Å². The van der Waals surface area contributed by atoms with Crippen molar-refractivity contribution in [2.24, 2.45) is 9.98 Å². The number of aryl methyl sites for hydroxylation is 8. The molecule has 0 saturated carbocycles. The van der Waals surface area contributed by atoms with Gasteiger partial charge in [-0.1, -0.05) is 301 Å². The Morgan fingerprint density at radius 2 is 0.518 bits per heavy atom. The van der Waals surface area contributed by atoms with Crippen LogP contribution in [0.1, 0.15) is 188 Å². The first kappa shape index (κ1) is 103. The number of rotatable bonds is 29. The van der Waals surface area contributed by atoms with E-state index >= 15 is 0 Å². The Labute approximate surface area is 827 Å². The number of hydrogen-bond acceptors (Lipinski definition) is 9. The van der Waals surface area contributed by atoms with E-state index in [0.717, 1.165) is 89.5 Å². The summed E-state index contributed by atoms with van der Waals surface area (Å²) < 4.78 is 41.7. The zero-order valence-corrected chi connectivity index (χ0v) is 84.6. The molecule has 0 spiro atoms. The molecule has 4 unspecified atom stereocenters. The zero-order chi connectivity index (χ0) is 101. The molecule has 0 aliphatic rings. The molecule has 4 aromatic heterocycles. The first-order valence-corrected chi connectivity index (χ1v) is 48.8. The average molecular weight is 1900 g/mol. The van der Waals surface area contributed by atoms with E-state index in [0.29, 0.717) is 100 Å². The number of amides is 5. The van der Waals surface area contributed by atoms with Crippen LogP contribution >= 0.6 is 0 Å². The molecule has 16 aromatic rings. The van der Waals surface area contributed by atoms with Crippen LogP contribution in [0.25, 0.3) is 44.1 Å². The fourth-order valence-corrected chi connectivity index (χ4v) is 17.5. The van der Waals surface area contributed by atoms with Gasteiger partial charge in [0.25, 0.3) is 0 Å². The minimum absolute atomic E-state index is 0.0245. The first-order valence-electron chi connectivity index (χ1n) is 48.8. The Bertz CT molecular complexity index is 7260. The van der Waals surface area contributed by atoms with Crippen LogP contribution < -0.4 is 38.4 Å². The van der Waals surface area contributed by atoms with E-state index in [1.807, 2.05) is 169 Å². The minimum atomic E-state index is -0.685. The summed E-state index contributed by atoms with van der Waals surface area (Å²) in [6, 6.07) is 98.3. The van der Waals surface area contributed by atoms with Gasteiger partial charge in [0.2, 0.25) is 40.2 Å². The van der Waals surface area contributed by atoms with Crippen LogP contribution in [-0.4, -0.2) is 104 Å². The van der Waals surface area contributed by atoms with Crippen molar-refractivity contribution in [3.8, 4) is 0 Å². The number of halogens is 1. The molecule has 23 heteroatoms. The second-order valence-electron chi connectivity index (χ2n) is 38.9. The minimum Gasteiger partial charge on any atom is -0.442 e. The van der Waals surface area contributed by atoms with Crippen molar-refractivity contribution in [2.75, 3.05) is 26.3 Å². The van der Waals surface area contributed by atoms with E-state index in [1.54, 1.807) is 0 Å². The molecule has 5 amide bonds. The summed E-state index contributed by atoms with van der Waals surface area (Å²) in [6.45, 7) is 35.7. The molecule has 4 atom stereocenters. The summed E-state index contributed by atoms with van der Waals surface area (Å²) in [7, 11) is 0. The van der Waals surface area contributed by atoms with Gasteiger partial charge in [0.15, 0.2) is 0 Å². The number of aromatic nitrogens is 8. The predicted molar refractivity (Wildman–Crippen MR) is 563 cm³/mol. The van der Waals surface area contributed by atoms with Crippen molar-refractivity contribution in [1.29, 1.82) is 10.8 Å². The van der Waals surface area contributed by atoms with E-state index in [4.69, 9.17) is 20.3 Å². The molecule has 0 radical (unpaired) electrons. The number of fused-ring (bicyclic) bond motifs is 4. The van der Waals surface area contributed by atoms with Crippen molar-refractivity contribution in [1.82, 2.24) is 52.5 Å². The van der Waals surface area contributed by atoms with Gasteiger partial charge in [-0.3, -0.25) is 25.2 Å². The highest BCUT2D eigenvalue weighted by atomic mass is 19.1. The standard InChI is InChI=1S/C33H40N4O3.C32H38N4O3.C28H32N4O.C25H26FN3/c1-7-30(38)34-21-27(20-25-16-12-23(2)13-17-25)37-29-11-9-8-10-28(29)36(22-26-18-14-24(3)15-19-26)31(37)35-32(39)40-33(4,5)6;1-22-11-15-25(16-12-22)19-27(20-33-24(3)37)36-29-10-8-7-9-28(29)35(21-26-17-13-23(2)14-18-26)30(36)34-31(38)39-32(4,5)6;1-4-27(33)30-18-24(17-22-13-9-20(2)10-14-22)32-26-8-6-5-7-25(26)31(28(32)29)19-23-15-11-21(3)12-16-23;1-18-7-11-20(12-8-18)15-22(16-26)29-24-6-4-3-5-23(24)28(25(29)27)17-21-13-9-19(2)10-14-21/h8-19,27H,7,20-22H2,1-6H3,(H,34,38);7-18,27H,19-21H2,1-6H3,(H,33,37);5-16,24,29H,4,17-19H2,1-3H3,(H,30,33);3-14,22,27H,15-17H2,1-2H3. The molecule has 0 bridgehead atoms. The first-order chi connectivity index (χ1) is 67.6. The molecule has 0 aliphatic heterocycles. The van der Waals surface area contributed by atoms with Crippen molar-refractivity contribution in [2.45, 2.75) is 218 Å². The predicted octanol–water partition coefficient (Wildman–Crippen LogP) is 22.4. The van der Waals surface area contributed by atoms with Gasteiger partial charge >= 0.3 is 12.2 Å². The van der Waals surface area contributed by atoms with Gasteiger partial charge in [0, 0.05) is 39.4 Å². The lowest BCUT2D eigenvalue weighted by molar-refractivity contribution is -0.121. The summed E-state index contributed by atoms with van der Waals surface area (Å²) in [6.07, 6.45) is 2.12. The van der Waals surface area contributed by atoms with Gasteiger partial charge in [-0.2, -0.15) is 0 Å². The van der Waals surface area contributed by atoms with Crippen molar-refractivity contribution < 1.29 is 37.8 Å². The van der Waals surface area contributed by atoms with E-state index in [9.17, 15) is 28.4 Å². The number of para-hydroxylation sites is 8. The molecule has 5 N–H and O–H groups in total. The van der Waals surface area contributed by atoms with E-state index < -0.39 is 36.1 Å². The highest BCUT2D eigenvalue weighted by Crippen LogP contribution is 2.30. The lowest BCUT2D eigenvalue weighted by atomic mass is 10.0. The smallest absolute Gasteiger partial charge is 0.437 e. The molecular formula is C118H136FN15O7. The zero-order valence-electron chi connectivity index (χ0n) is 84.6. The Morgan fingerprint density at radius 3 is 0.766 bits per heavy atom. The topological polar surface area (TPSA) is 252 Å². The molecule has 0 aliphatic carbocycles. The third-order valence-electron chi connectivity index (χ3n) is 24.9. The van der Waals surface area contributed by atoms with Gasteiger partial charge in [-0.25, -0.2) is 14.0 Å². The largest absolute Gasteiger partial charge is 0.442 e. The summed E-state index contributed by atoms with van der Waals surface area (Å²) in [5.41, 5.74) is 26.6. The van der Waals surface area contributed by atoms with E-state index in [1.165, 1.54) is 57.0 Å². The highest BCUT2D eigenvalue weighted by molar-refractivity contribution is 5.81. The molecule has 4 heterocycles. The number of alkyl halides is 1. The number of imidazole rings is 4. The number of nitrogens with zero attached hydrogens (tertiary/aromatic N) is 10. The van der Waals surface area contributed by atoms with Gasteiger partial charge < -0.3 is 62.0 Å². The van der Waals surface area contributed by atoms with Crippen LogP contribution in [0, 0.1) is 66.2 Å². The molecule has 0 saturated heterocycles. The van der Waals surface area contributed by atoms with Gasteiger partial charge in [-0.05, 0) is 216 Å². The molecule has 732 valence electrons. The van der Waals surface area contributed by atoms with Crippen LogP contribution in [-0.2, 0) is 75.7 Å². The van der Waals surface area contributed by atoms with Gasteiger partial charge in [-0.15, -0.1) is 9.98 Å². The molecule has 12 aromatic carbocycles. The fraction of sp³-hybridized carbons (Fsp3) is 0.314. The molecule has 0 fully saturated rings. The van der Waals surface area contributed by atoms with Gasteiger partial charge in [0.05, 0.1) is 94.5 Å². The maximum Gasteiger partial charge on any atom is 0.437 e. The molecular weight excluding hydrogens is 1760 g/mol. The fourth-order valence-electron chi connectivity index (χ4n) is 17.5. The van der Waals surface area contributed by atoms with Crippen molar-refractivity contribution >= 4 is 74.0 Å². The maximum atomic E-state index is 14.2. The number of hydrogen-bond donors (Lipinski definition) is 5. The molecule has 141 heavy (non-hydrogen) atoms. The number of carbonyl (C=O) groups excluding carboxylic acids is 5. The quantitative estimate of drug-likeness (QED) is 0.0303. The van der Waals surface area contributed by atoms with Crippen LogP contribution in [0.2, 0.25) is 0 Å². The van der Waals surface area contributed by atoms with Crippen LogP contribution in [0.15, 0.2) is 301 Å². The summed E-state index contributed by atoms with van der Waals surface area (Å²) in [5, 5.41) is 27.1. The summed E-state index contributed by atoms with van der Waals surface area (Å²) >= 11 is 0. The monoisotopic (exact) mass is 1890 g/mol. The molecule has 22 nitrogen and oxygen atoms in total.